The normalized spacial score (nSPS) is 17.4. The molecule has 0 unspecified atom stereocenters. The Bertz CT molecular complexity index is 627. The molecule has 0 spiro atoms. The van der Waals surface area contributed by atoms with Crippen LogP contribution in [-0.4, -0.2) is 24.0 Å². The molecule has 0 N–H and O–H groups in total. The van der Waals surface area contributed by atoms with Crippen LogP contribution in [0.2, 0.25) is 0 Å². The third kappa shape index (κ3) is 2.44. The molecule has 21 heavy (non-hydrogen) atoms. The molecular weight excluding hydrogens is 266 g/mol. The van der Waals surface area contributed by atoms with Gasteiger partial charge < -0.3 is 9.47 Å². The van der Waals surface area contributed by atoms with Gasteiger partial charge in [-0.1, -0.05) is 13.8 Å². The Balaban J connectivity index is 1.98. The van der Waals surface area contributed by atoms with Gasteiger partial charge in [0.05, 0.1) is 11.1 Å². The fourth-order valence-electron chi connectivity index (χ4n) is 2.85. The summed E-state index contributed by atoms with van der Waals surface area (Å²) in [5, 5.41) is 0. The van der Waals surface area contributed by atoms with E-state index in [0.717, 1.165) is 30.0 Å². The van der Waals surface area contributed by atoms with Gasteiger partial charge in [-0.05, 0) is 37.5 Å². The number of hydrogen-bond acceptors (Lipinski definition) is 4. The van der Waals surface area contributed by atoms with Crippen molar-refractivity contribution >= 4 is 5.78 Å². The van der Waals surface area contributed by atoms with Crippen LogP contribution in [0.15, 0.2) is 23.5 Å². The quantitative estimate of drug-likeness (QED) is 0.782. The molecule has 1 aromatic carbocycles. The zero-order valence-electron chi connectivity index (χ0n) is 13.0. The second-order valence-corrected chi connectivity index (χ2v) is 6.36. The van der Waals surface area contributed by atoms with Crippen molar-refractivity contribution in [1.29, 1.82) is 0 Å². The van der Waals surface area contributed by atoms with Gasteiger partial charge in [-0.25, -0.2) is 0 Å². The van der Waals surface area contributed by atoms with Gasteiger partial charge in [0.2, 0.25) is 5.78 Å². The largest absolute Gasteiger partial charge is 0.478 e. The second-order valence-electron chi connectivity index (χ2n) is 6.36. The maximum absolute atomic E-state index is 12.3. The Morgan fingerprint density at radius 1 is 1.33 bits per heavy atom. The molecule has 0 atom stereocenters. The van der Waals surface area contributed by atoms with E-state index in [1.165, 1.54) is 0 Å². The fraction of sp³-hybridized carbons (Fsp3) is 0.471. The molecule has 0 amide bonds. The number of allylic oxidation sites excluding steroid dienone is 2. The first-order chi connectivity index (χ1) is 9.97. The molecule has 4 heteroatoms. The first-order valence-electron chi connectivity index (χ1n) is 7.38. The lowest BCUT2D eigenvalue weighted by Crippen LogP contribution is -2.34. The van der Waals surface area contributed by atoms with Crippen molar-refractivity contribution in [3.8, 4) is 11.5 Å². The first kappa shape index (κ1) is 14.1. The maximum atomic E-state index is 12.3. The highest BCUT2D eigenvalue weighted by Gasteiger charge is 2.34. The summed E-state index contributed by atoms with van der Waals surface area (Å²) >= 11 is 0. The molecule has 1 aromatic rings. The van der Waals surface area contributed by atoms with Crippen LogP contribution in [-0.2, 0) is 6.54 Å². The molecule has 0 aliphatic carbocycles. The van der Waals surface area contributed by atoms with Gasteiger partial charge in [-0.15, -0.1) is 0 Å². The van der Waals surface area contributed by atoms with E-state index in [1.807, 2.05) is 26.0 Å². The Morgan fingerprint density at radius 3 is 2.76 bits per heavy atom. The van der Waals surface area contributed by atoms with Gasteiger partial charge in [0.25, 0.3) is 0 Å². The predicted molar refractivity (Wildman–Crippen MR) is 80.5 cm³/mol. The first-order valence-corrected chi connectivity index (χ1v) is 7.38. The SMILES string of the molecule is CC(C)=C1Oc2c(ccc3c2CN(CC(C)C)CO3)C1=O. The molecule has 2 aliphatic heterocycles. The number of nitrogens with zero attached hydrogens (tertiary/aromatic N) is 1. The average molecular weight is 287 g/mol. The van der Waals surface area contributed by atoms with E-state index in [1.54, 1.807) is 0 Å². The van der Waals surface area contributed by atoms with Gasteiger partial charge in [-0.3, -0.25) is 9.69 Å². The predicted octanol–water partition coefficient (Wildman–Crippen LogP) is 3.36. The maximum Gasteiger partial charge on any atom is 0.231 e. The topological polar surface area (TPSA) is 38.8 Å². The van der Waals surface area contributed by atoms with Gasteiger partial charge in [-0.2, -0.15) is 0 Å². The minimum Gasteiger partial charge on any atom is -0.478 e. The van der Waals surface area contributed by atoms with Crippen molar-refractivity contribution in [1.82, 2.24) is 4.90 Å². The van der Waals surface area contributed by atoms with Gasteiger partial charge >= 0.3 is 0 Å². The standard InChI is InChI=1S/C17H21NO3/c1-10(2)7-18-8-13-14(20-9-18)6-5-12-15(19)16(11(3)4)21-17(12)13/h5-6,10H,7-9H2,1-4H3. The summed E-state index contributed by atoms with van der Waals surface area (Å²) in [5.74, 6) is 2.52. The van der Waals surface area contributed by atoms with E-state index < -0.39 is 0 Å². The zero-order chi connectivity index (χ0) is 15.1. The Kier molecular flexibility index (Phi) is 3.49. The molecule has 0 aromatic heterocycles. The molecule has 0 fully saturated rings. The summed E-state index contributed by atoms with van der Waals surface area (Å²) in [6.45, 7) is 10.5. The van der Waals surface area contributed by atoms with Gasteiger partial charge in [0.15, 0.2) is 5.76 Å². The summed E-state index contributed by atoms with van der Waals surface area (Å²) < 4.78 is 11.7. The number of Topliss-reactive ketones (excluding diaryl/α,β-unsaturated/α-hetero) is 1. The third-order valence-electron chi connectivity index (χ3n) is 3.73. The minimum atomic E-state index is -0.0196. The fourth-order valence-corrected chi connectivity index (χ4v) is 2.85. The van der Waals surface area contributed by atoms with Crippen LogP contribution >= 0.6 is 0 Å². The van der Waals surface area contributed by atoms with Crippen LogP contribution in [0.5, 0.6) is 11.5 Å². The zero-order valence-corrected chi connectivity index (χ0v) is 13.0. The van der Waals surface area contributed by atoms with E-state index in [9.17, 15) is 4.79 Å². The highest BCUT2D eigenvalue weighted by Crippen LogP contribution is 2.42. The number of rotatable bonds is 2. The Hall–Kier alpha value is -1.81. The molecule has 0 radical (unpaired) electrons. The second kappa shape index (κ2) is 5.19. The van der Waals surface area contributed by atoms with Crippen LogP contribution in [0.1, 0.15) is 43.6 Å². The van der Waals surface area contributed by atoms with Gasteiger partial charge in [0.1, 0.15) is 18.2 Å². The number of carbonyl (C=O) groups excluding carboxylic acids is 1. The van der Waals surface area contributed by atoms with Gasteiger partial charge in [0, 0.05) is 13.1 Å². The van der Waals surface area contributed by atoms with Crippen LogP contribution in [0.3, 0.4) is 0 Å². The lowest BCUT2D eigenvalue weighted by atomic mass is 10.0. The van der Waals surface area contributed by atoms with Crippen molar-refractivity contribution in [2.24, 2.45) is 5.92 Å². The van der Waals surface area contributed by atoms with E-state index in [2.05, 4.69) is 18.7 Å². The smallest absolute Gasteiger partial charge is 0.231 e. The van der Waals surface area contributed by atoms with Crippen molar-refractivity contribution in [3.05, 3.63) is 34.6 Å². The lowest BCUT2D eigenvalue weighted by molar-refractivity contribution is 0.0831. The highest BCUT2D eigenvalue weighted by molar-refractivity contribution is 6.13. The third-order valence-corrected chi connectivity index (χ3v) is 3.73. The molecule has 112 valence electrons. The van der Waals surface area contributed by atoms with Crippen molar-refractivity contribution in [2.75, 3.05) is 13.3 Å². The molecule has 0 bridgehead atoms. The highest BCUT2D eigenvalue weighted by atomic mass is 16.5. The van der Waals surface area contributed by atoms with Crippen LogP contribution < -0.4 is 9.47 Å². The average Bonchev–Trinajstić information content (AvgIpc) is 2.76. The summed E-state index contributed by atoms with van der Waals surface area (Å²) in [7, 11) is 0. The van der Waals surface area contributed by atoms with Crippen molar-refractivity contribution < 1.29 is 14.3 Å². The molecular formula is C17H21NO3. The monoisotopic (exact) mass is 287 g/mol. The number of ether oxygens (including phenoxy) is 2. The number of ketones is 1. The molecule has 0 saturated carbocycles. The number of hydrogen-bond donors (Lipinski definition) is 0. The molecule has 4 nitrogen and oxygen atoms in total. The minimum absolute atomic E-state index is 0.0196. The molecule has 3 rings (SSSR count). The van der Waals surface area contributed by atoms with E-state index in [4.69, 9.17) is 9.47 Å². The number of fused-ring (bicyclic) bond motifs is 3. The van der Waals surface area contributed by atoms with Crippen LogP contribution in [0, 0.1) is 5.92 Å². The summed E-state index contributed by atoms with van der Waals surface area (Å²) in [6, 6.07) is 3.70. The molecule has 2 aliphatic rings. The summed E-state index contributed by atoms with van der Waals surface area (Å²) in [6.07, 6.45) is 0. The summed E-state index contributed by atoms with van der Waals surface area (Å²) in [4.78, 5) is 14.6. The Morgan fingerprint density at radius 2 is 2.10 bits per heavy atom. The van der Waals surface area contributed by atoms with Crippen molar-refractivity contribution in [2.45, 2.75) is 34.2 Å². The Labute approximate surface area is 125 Å². The lowest BCUT2D eigenvalue weighted by Gasteiger charge is -2.30. The van der Waals surface area contributed by atoms with Crippen LogP contribution in [0.4, 0.5) is 0 Å². The van der Waals surface area contributed by atoms with E-state index in [0.29, 0.717) is 29.7 Å². The van der Waals surface area contributed by atoms with E-state index >= 15 is 0 Å². The van der Waals surface area contributed by atoms with E-state index in [-0.39, 0.29) is 5.78 Å². The van der Waals surface area contributed by atoms with Crippen molar-refractivity contribution in [3.63, 3.8) is 0 Å². The molecule has 0 saturated heterocycles. The van der Waals surface area contributed by atoms with Crippen LogP contribution in [0.25, 0.3) is 0 Å². The summed E-state index contributed by atoms with van der Waals surface area (Å²) in [5.41, 5.74) is 2.55. The molecule has 2 heterocycles. The number of benzene rings is 1. The number of carbonyl (C=O) groups is 1.